The van der Waals surface area contributed by atoms with Crippen molar-refractivity contribution in [2.24, 2.45) is 5.92 Å². The van der Waals surface area contributed by atoms with Crippen LogP contribution in [0.1, 0.15) is 49.8 Å². The normalized spacial score (nSPS) is 19.5. The third-order valence-electron chi connectivity index (χ3n) is 6.95. The zero-order valence-corrected chi connectivity index (χ0v) is 19.8. The molecule has 4 rings (SSSR count). The van der Waals surface area contributed by atoms with Gasteiger partial charge in [0.2, 0.25) is 11.8 Å². The van der Waals surface area contributed by atoms with Crippen LogP contribution in [0.3, 0.4) is 0 Å². The van der Waals surface area contributed by atoms with E-state index in [2.05, 4.69) is 4.90 Å². The van der Waals surface area contributed by atoms with Crippen LogP contribution < -0.4 is 0 Å². The lowest BCUT2D eigenvalue weighted by molar-refractivity contribution is -0.142. The van der Waals surface area contributed by atoms with E-state index in [0.29, 0.717) is 39.1 Å². The van der Waals surface area contributed by atoms with Gasteiger partial charge in [0.25, 0.3) is 0 Å². The smallest absolute Gasteiger partial charge is 0.227 e. The Bertz CT molecular complexity index is 927. The topological polar surface area (TPSA) is 43.9 Å². The standard InChI is InChI=1S/C27H33F2N3O2/c1-2-4-25(33)32-14-3-5-22(19-32)27(34)31-17-15-30(16-18-31)26(20-6-10-23(28)11-7-20)21-8-12-24(29)13-9-21/h6-13,22,26H,2-5,14-19H2,1H3. The Kier molecular flexibility index (Phi) is 7.93. The molecule has 0 aliphatic carbocycles. The summed E-state index contributed by atoms with van der Waals surface area (Å²) in [5.74, 6) is -0.446. The molecule has 182 valence electrons. The number of carbonyl (C=O) groups excluding carboxylic acids is 2. The second-order valence-electron chi connectivity index (χ2n) is 9.30. The first-order valence-corrected chi connectivity index (χ1v) is 12.3. The predicted octanol–water partition coefficient (Wildman–Crippen LogP) is 4.24. The fourth-order valence-corrected chi connectivity index (χ4v) is 5.14. The number of benzene rings is 2. The van der Waals surface area contributed by atoms with Crippen molar-refractivity contribution >= 4 is 11.8 Å². The summed E-state index contributed by atoms with van der Waals surface area (Å²) in [5, 5.41) is 0. The van der Waals surface area contributed by atoms with E-state index in [1.807, 2.05) is 16.7 Å². The molecule has 2 aromatic carbocycles. The molecule has 0 bridgehead atoms. The fourth-order valence-electron chi connectivity index (χ4n) is 5.14. The quantitative estimate of drug-likeness (QED) is 0.636. The molecule has 7 heteroatoms. The maximum absolute atomic E-state index is 13.6. The van der Waals surface area contributed by atoms with Crippen LogP contribution in [0, 0.1) is 17.6 Å². The van der Waals surface area contributed by atoms with Crippen LogP contribution in [0.25, 0.3) is 0 Å². The van der Waals surface area contributed by atoms with E-state index >= 15 is 0 Å². The number of hydrogen-bond donors (Lipinski definition) is 0. The van der Waals surface area contributed by atoms with E-state index < -0.39 is 0 Å². The lowest BCUT2D eigenvalue weighted by atomic mass is 9.94. The first kappa shape index (κ1) is 24.3. The largest absolute Gasteiger partial charge is 0.342 e. The van der Waals surface area contributed by atoms with Crippen LogP contribution in [0.4, 0.5) is 8.78 Å². The molecule has 2 amide bonds. The third kappa shape index (κ3) is 5.63. The minimum Gasteiger partial charge on any atom is -0.342 e. The van der Waals surface area contributed by atoms with Crippen LogP contribution in [-0.4, -0.2) is 65.8 Å². The van der Waals surface area contributed by atoms with Crippen molar-refractivity contribution in [1.82, 2.24) is 14.7 Å². The van der Waals surface area contributed by atoms with Gasteiger partial charge in [-0.2, -0.15) is 0 Å². The Hall–Kier alpha value is -2.80. The van der Waals surface area contributed by atoms with E-state index in [1.54, 1.807) is 24.3 Å². The van der Waals surface area contributed by atoms with Crippen molar-refractivity contribution in [3.05, 3.63) is 71.3 Å². The molecule has 0 saturated carbocycles. The second kappa shape index (κ2) is 11.1. The molecule has 2 aromatic rings. The van der Waals surface area contributed by atoms with Gasteiger partial charge in [-0.15, -0.1) is 0 Å². The van der Waals surface area contributed by atoms with Gasteiger partial charge in [-0.05, 0) is 54.7 Å². The zero-order chi connectivity index (χ0) is 24.1. The number of amides is 2. The molecule has 0 spiro atoms. The summed E-state index contributed by atoms with van der Waals surface area (Å²) in [6, 6.07) is 12.7. The average Bonchev–Trinajstić information content (AvgIpc) is 2.87. The molecule has 2 aliphatic heterocycles. The highest BCUT2D eigenvalue weighted by molar-refractivity contribution is 5.81. The van der Waals surface area contributed by atoms with Crippen LogP contribution in [0.2, 0.25) is 0 Å². The minimum atomic E-state index is -0.295. The number of likely N-dealkylation sites (tertiary alicyclic amines) is 1. The van der Waals surface area contributed by atoms with E-state index in [9.17, 15) is 18.4 Å². The van der Waals surface area contributed by atoms with E-state index in [4.69, 9.17) is 0 Å². The van der Waals surface area contributed by atoms with Gasteiger partial charge in [-0.25, -0.2) is 8.78 Å². The fraction of sp³-hybridized carbons (Fsp3) is 0.481. The van der Waals surface area contributed by atoms with E-state index in [0.717, 1.165) is 36.9 Å². The molecular formula is C27H33F2N3O2. The molecule has 2 heterocycles. The molecule has 2 aliphatic rings. The molecule has 1 atom stereocenters. The van der Waals surface area contributed by atoms with Crippen LogP contribution >= 0.6 is 0 Å². The Morgan fingerprint density at radius 1 is 0.853 bits per heavy atom. The highest BCUT2D eigenvalue weighted by atomic mass is 19.1. The molecule has 1 unspecified atom stereocenters. The lowest BCUT2D eigenvalue weighted by Gasteiger charge is -2.42. The molecule has 5 nitrogen and oxygen atoms in total. The van der Waals surface area contributed by atoms with Crippen LogP contribution in [-0.2, 0) is 9.59 Å². The number of piperazine rings is 1. The Morgan fingerprint density at radius 2 is 1.41 bits per heavy atom. The number of nitrogens with zero attached hydrogens (tertiary/aromatic N) is 3. The SMILES string of the molecule is CCCC(=O)N1CCCC(C(=O)N2CCN(C(c3ccc(F)cc3)c3ccc(F)cc3)CC2)C1. The van der Waals surface area contributed by atoms with Gasteiger partial charge in [0.1, 0.15) is 11.6 Å². The molecule has 0 radical (unpaired) electrons. The van der Waals surface area contributed by atoms with Gasteiger partial charge in [0, 0.05) is 45.7 Å². The van der Waals surface area contributed by atoms with Crippen molar-refractivity contribution in [3.63, 3.8) is 0 Å². The van der Waals surface area contributed by atoms with E-state index in [1.165, 1.54) is 24.3 Å². The van der Waals surface area contributed by atoms with Crippen molar-refractivity contribution in [1.29, 1.82) is 0 Å². The highest BCUT2D eigenvalue weighted by Gasteiger charge is 2.34. The summed E-state index contributed by atoms with van der Waals surface area (Å²) in [4.78, 5) is 31.6. The number of piperidine rings is 1. The van der Waals surface area contributed by atoms with Gasteiger partial charge in [-0.1, -0.05) is 31.2 Å². The van der Waals surface area contributed by atoms with Crippen LogP contribution in [0.5, 0.6) is 0 Å². The van der Waals surface area contributed by atoms with Crippen LogP contribution in [0.15, 0.2) is 48.5 Å². The summed E-state index contributed by atoms with van der Waals surface area (Å²) >= 11 is 0. The van der Waals surface area contributed by atoms with Gasteiger partial charge < -0.3 is 9.80 Å². The summed E-state index contributed by atoms with van der Waals surface area (Å²) < 4.78 is 27.1. The molecule has 34 heavy (non-hydrogen) atoms. The molecule has 2 fully saturated rings. The number of carbonyl (C=O) groups is 2. The van der Waals surface area contributed by atoms with Crippen molar-refractivity contribution in [3.8, 4) is 0 Å². The van der Waals surface area contributed by atoms with E-state index in [-0.39, 0.29) is 35.4 Å². The Morgan fingerprint density at radius 3 is 1.94 bits per heavy atom. The predicted molar refractivity (Wildman–Crippen MR) is 127 cm³/mol. The molecular weight excluding hydrogens is 436 g/mol. The summed E-state index contributed by atoms with van der Waals surface area (Å²) in [7, 11) is 0. The molecule has 0 N–H and O–H groups in total. The highest BCUT2D eigenvalue weighted by Crippen LogP contribution is 2.30. The third-order valence-corrected chi connectivity index (χ3v) is 6.95. The first-order chi connectivity index (χ1) is 16.5. The Balaban J connectivity index is 1.43. The van der Waals surface area contributed by atoms with Gasteiger partial charge in [0.15, 0.2) is 0 Å². The second-order valence-corrected chi connectivity index (χ2v) is 9.30. The average molecular weight is 470 g/mol. The Labute approximate surface area is 200 Å². The number of halogens is 2. The summed E-state index contributed by atoms with van der Waals surface area (Å²) in [6.45, 7) is 5.77. The monoisotopic (exact) mass is 469 g/mol. The van der Waals surface area contributed by atoms with Gasteiger partial charge in [0.05, 0.1) is 12.0 Å². The van der Waals surface area contributed by atoms with Gasteiger partial charge >= 0.3 is 0 Å². The zero-order valence-electron chi connectivity index (χ0n) is 19.8. The van der Waals surface area contributed by atoms with Crippen molar-refractivity contribution in [2.75, 3.05) is 39.3 Å². The van der Waals surface area contributed by atoms with Crippen molar-refractivity contribution in [2.45, 2.75) is 38.6 Å². The number of hydrogen-bond acceptors (Lipinski definition) is 3. The van der Waals surface area contributed by atoms with Crippen molar-refractivity contribution < 1.29 is 18.4 Å². The summed E-state index contributed by atoms with van der Waals surface area (Å²) in [6.07, 6.45) is 3.04. The molecule has 0 aromatic heterocycles. The first-order valence-electron chi connectivity index (χ1n) is 12.3. The number of rotatable bonds is 6. The maximum atomic E-state index is 13.6. The molecule has 2 saturated heterocycles. The van der Waals surface area contributed by atoms with Gasteiger partial charge in [-0.3, -0.25) is 14.5 Å². The minimum absolute atomic E-state index is 0.133. The lowest BCUT2D eigenvalue weighted by Crippen LogP contribution is -2.53. The maximum Gasteiger partial charge on any atom is 0.227 e. The summed E-state index contributed by atoms with van der Waals surface area (Å²) in [5.41, 5.74) is 1.87.